The Balaban J connectivity index is 1.55. The molecule has 1 heterocycles. The number of nitrogens with zero attached hydrogens (tertiary/aromatic N) is 3. The number of aromatic nitrogens is 1. The lowest BCUT2D eigenvalue weighted by Crippen LogP contribution is -2.19. The monoisotopic (exact) mass is 392 g/mol. The smallest absolute Gasteiger partial charge is 0.250 e. The zero-order valence-electron chi connectivity index (χ0n) is 16.6. The number of carbonyl (C=O) groups is 1. The highest BCUT2D eigenvalue weighted by Gasteiger charge is 2.07. The number of benzene rings is 2. The lowest BCUT2D eigenvalue weighted by Gasteiger charge is -2.11. The van der Waals surface area contributed by atoms with Crippen LogP contribution in [0.5, 0.6) is 0 Å². The number of hydrogen-bond acceptors (Lipinski definition) is 5. The number of nitrogens with one attached hydrogen (secondary N) is 1. The molecule has 0 aliphatic heterocycles. The van der Waals surface area contributed by atoms with Crippen molar-refractivity contribution in [1.82, 2.24) is 10.4 Å². The zero-order chi connectivity index (χ0) is 20.1. The third kappa shape index (κ3) is 5.10. The van der Waals surface area contributed by atoms with Crippen LogP contribution in [0.25, 0.3) is 10.9 Å². The topological polar surface area (TPSA) is 57.6 Å². The van der Waals surface area contributed by atoms with Gasteiger partial charge in [-0.2, -0.15) is 5.10 Å². The summed E-state index contributed by atoms with van der Waals surface area (Å²) in [5, 5.41) is 6.03. The maximum absolute atomic E-state index is 12.1. The molecule has 0 aliphatic rings. The summed E-state index contributed by atoms with van der Waals surface area (Å²) in [6, 6.07) is 16.2. The van der Waals surface area contributed by atoms with E-state index in [0.717, 1.165) is 32.7 Å². The van der Waals surface area contributed by atoms with Gasteiger partial charge in [-0.25, -0.2) is 10.4 Å². The minimum Gasteiger partial charge on any atom is -0.378 e. The summed E-state index contributed by atoms with van der Waals surface area (Å²) in [5.41, 5.74) is 7.95. The Hall–Kier alpha value is -2.86. The molecule has 0 aliphatic carbocycles. The van der Waals surface area contributed by atoms with E-state index in [1.807, 2.05) is 55.4 Å². The number of carbonyl (C=O) groups excluding carboxylic acids is 1. The number of rotatable bonds is 6. The number of hydrogen-bond donors (Lipinski definition) is 1. The number of hydrazone groups is 1. The van der Waals surface area contributed by atoms with Crippen LogP contribution in [0.3, 0.4) is 0 Å². The van der Waals surface area contributed by atoms with E-state index in [4.69, 9.17) is 0 Å². The highest BCUT2D eigenvalue weighted by molar-refractivity contribution is 7.99. The van der Waals surface area contributed by atoms with E-state index in [2.05, 4.69) is 41.5 Å². The molecule has 6 heteroatoms. The van der Waals surface area contributed by atoms with Gasteiger partial charge in [0, 0.05) is 25.2 Å². The number of pyridine rings is 1. The second-order valence-electron chi connectivity index (χ2n) is 6.87. The summed E-state index contributed by atoms with van der Waals surface area (Å²) in [6.45, 7) is 4.14. The first-order valence-corrected chi connectivity index (χ1v) is 10.0. The van der Waals surface area contributed by atoms with Gasteiger partial charge in [0.25, 0.3) is 0 Å². The standard InChI is InChI=1S/C22H24N4OS/c1-15-5-10-20-19(11-15)16(2)12-22(24-20)28-14-21(27)25-23-13-17-6-8-18(9-7-17)26(3)4/h5-13H,14H2,1-4H3,(H,25,27). The van der Waals surface area contributed by atoms with Gasteiger partial charge in [-0.15, -0.1) is 0 Å². The van der Waals surface area contributed by atoms with Crippen LogP contribution in [0.4, 0.5) is 5.69 Å². The average Bonchev–Trinajstić information content (AvgIpc) is 2.67. The first-order valence-electron chi connectivity index (χ1n) is 9.02. The number of amides is 1. The van der Waals surface area contributed by atoms with Gasteiger partial charge in [-0.05, 0) is 55.3 Å². The molecule has 1 N–H and O–H groups in total. The lowest BCUT2D eigenvalue weighted by molar-refractivity contribution is -0.118. The molecule has 144 valence electrons. The van der Waals surface area contributed by atoms with Crippen molar-refractivity contribution >= 4 is 40.5 Å². The van der Waals surface area contributed by atoms with Crippen LogP contribution in [-0.2, 0) is 4.79 Å². The molecule has 0 radical (unpaired) electrons. The Kier molecular flexibility index (Phi) is 6.31. The maximum atomic E-state index is 12.1. The number of fused-ring (bicyclic) bond motifs is 1. The predicted molar refractivity (Wildman–Crippen MR) is 118 cm³/mol. The molecule has 0 saturated heterocycles. The molecule has 3 aromatic rings. The van der Waals surface area contributed by atoms with Crippen LogP contribution in [0, 0.1) is 13.8 Å². The summed E-state index contributed by atoms with van der Waals surface area (Å²) < 4.78 is 0. The van der Waals surface area contributed by atoms with Gasteiger partial charge in [0.15, 0.2) is 0 Å². The molecule has 3 rings (SSSR count). The van der Waals surface area contributed by atoms with E-state index in [9.17, 15) is 4.79 Å². The van der Waals surface area contributed by atoms with E-state index in [1.165, 1.54) is 17.3 Å². The summed E-state index contributed by atoms with van der Waals surface area (Å²) in [5.74, 6) is 0.107. The fraction of sp³-hybridized carbons (Fsp3) is 0.227. The molecular formula is C22H24N4OS. The van der Waals surface area contributed by atoms with Gasteiger partial charge in [0.05, 0.1) is 22.5 Å². The van der Waals surface area contributed by atoms with Crippen molar-refractivity contribution in [2.45, 2.75) is 18.9 Å². The zero-order valence-corrected chi connectivity index (χ0v) is 17.4. The molecule has 0 saturated carbocycles. The van der Waals surface area contributed by atoms with E-state index < -0.39 is 0 Å². The normalized spacial score (nSPS) is 11.1. The average molecular weight is 393 g/mol. The molecule has 0 unspecified atom stereocenters. The minimum atomic E-state index is -0.158. The molecule has 1 amide bonds. The fourth-order valence-corrected chi connectivity index (χ4v) is 3.53. The second kappa shape index (κ2) is 8.89. The molecule has 0 fully saturated rings. The minimum absolute atomic E-state index is 0.158. The summed E-state index contributed by atoms with van der Waals surface area (Å²) >= 11 is 1.41. The fourth-order valence-electron chi connectivity index (χ4n) is 2.76. The lowest BCUT2D eigenvalue weighted by atomic mass is 10.1. The van der Waals surface area contributed by atoms with Crippen molar-refractivity contribution in [3.8, 4) is 0 Å². The van der Waals surface area contributed by atoms with Gasteiger partial charge in [0.1, 0.15) is 0 Å². The Bertz CT molecular complexity index is 1010. The molecule has 0 atom stereocenters. The highest BCUT2D eigenvalue weighted by Crippen LogP contribution is 2.24. The Labute approximate surface area is 169 Å². The Morgan fingerprint density at radius 3 is 2.61 bits per heavy atom. The molecule has 28 heavy (non-hydrogen) atoms. The van der Waals surface area contributed by atoms with Gasteiger partial charge in [-0.1, -0.05) is 35.5 Å². The van der Waals surface area contributed by atoms with Crippen molar-refractivity contribution in [2.75, 3.05) is 24.7 Å². The van der Waals surface area contributed by atoms with E-state index >= 15 is 0 Å². The van der Waals surface area contributed by atoms with Crippen molar-refractivity contribution < 1.29 is 4.79 Å². The summed E-state index contributed by atoms with van der Waals surface area (Å²) in [4.78, 5) is 18.7. The van der Waals surface area contributed by atoms with Crippen molar-refractivity contribution in [3.05, 3.63) is 65.2 Å². The van der Waals surface area contributed by atoms with Gasteiger partial charge in [0.2, 0.25) is 5.91 Å². The molecule has 2 aromatic carbocycles. The third-order valence-electron chi connectivity index (χ3n) is 4.31. The molecule has 5 nitrogen and oxygen atoms in total. The van der Waals surface area contributed by atoms with Crippen molar-refractivity contribution in [2.24, 2.45) is 5.10 Å². The van der Waals surface area contributed by atoms with Crippen LogP contribution in [-0.4, -0.2) is 37.0 Å². The highest BCUT2D eigenvalue weighted by atomic mass is 32.2. The number of anilines is 1. The van der Waals surface area contributed by atoms with Crippen LogP contribution < -0.4 is 10.3 Å². The predicted octanol–water partition coefficient (Wildman–Crippen LogP) is 4.16. The van der Waals surface area contributed by atoms with Crippen molar-refractivity contribution in [3.63, 3.8) is 0 Å². The number of aryl methyl sites for hydroxylation is 2. The van der Waals surface area contributed by atoms with Crippen LogP contribution in [0.2, 0.25) is 0 Å². The van der Waals surface area contributed by atoms with Gasteiger partial charge in [-0.3, -0.25) is 4.79 Å². The van der Waals surface area contributed by atoms with E-state index in [1.54, 1.807) is 6.21 Å². The Morgan fingerprint density at radius 1 is 1.14 bits per heavy atom. The van der Waals surface area contributed by atoms with Crippen LogP contribution in [0.15, 0.2) is 58.7 Å². The van der Waals surface area contributed by atoms with E-state index in [-0.39, 0.29) is 11.7 Å². The largest absolute Gasteiger partial charge is 0.378 e. The first-order chi connectivity index (χ1) is 13.4. The van der Waals surface area contributed by atoms with Gasteiger partial charge < -0.3 is 4.90 Å². The van der Waals surface area contributed by atoms with Crippen molar-refractivity contribution in [1.29, 1.82) is 0 Å². The SMILES string of the molecule is Cc1ccc2nc(SCC(=O)NN=Cc3ccc(N(C)C)cc3)cc(C)c2c1. The number of thioether (sulfide) groups is 1. The third-order valence-corrected chi connectivity index (χ3v) is 5.22. The van der Waals surface area contributed by atoms with Crippen LogP contribution in [0.1, 0.15) is 16.7 Å². The molecule has 0 bridgehead atoms. The maximum Gasteiger partial charge on any atom is 0.250 e. The molecule has 0 spiro atoms. The molecule has 1 aromatic heterocycles. The van der Waals surface area contributed by atoms with Gasteiger partial charge >= 0.3 is 0 Å². The quantitative estimate of drug-likeness (QED) is 0.389. The summed E-state index contributed by atoms with van der Waals surface area (Å²) in [6.07, 6.45) is 1.64. The second-order valence-corrected chi connectivity index (χ2v) is 7.86. The van der Waals surface area contributed by atoms with E-state index in [0.29, 0.717) is 0 Å². The Morgan fingerprint density at radius 2 is 1.89 bits per heavy atom. The van der Waals surface area contributed by atoms with Crippen LogP contribution >= 0.6 is 11.8 Å². The summed E-state index contributed by atoms with van der Waals surface area (Å²) in [7, 11) is 3.99. The first kappa shape index (κ1) is 19.9. The molecular weight excluding hydrogens is 368 g/mol.